The normalized spacial score (nSPS) is 30.2. The van der Waals surface area contributed by atoms with Crippen molar-refractivity contribution in [3.8, 4) is 0 Å². The lowest BCUT2D eigenvalue weighted by atomic mass is 9.89. The van der Waals surface area contributed by atoms with Gasteiger partial charge in [-0.15, -0.1) is 0 Å². The van der Waals surface area contributed by atoms with Crippen LogP contribution in [0.2, 0.25) is 0 Å². The largest absolute Gasteiger partial charge is 0.469 e. The number of carbonyl (C=O) groups excluding carboxylic acids is 1. The van der Waals surface area contributed by atoms with Gasteiger partial charge in [-0.2, -0.15) is 0 Å². The van der Waals surface area contributed by atoms with Gasteiger partial charge in [0.05, 0.1) is 25.4 Å². The molecule has 1 aliphatic carbocycles. The lowest BCUT2D eigenvalue weighted by molar-refractivity contribution is -0.141. The average molecular weight is 312 g/mol. The number of rotatable bonds is 8. The van der Waals surface area contributed by atoms with E-state index in [-0.39, 0.29) is 30.6 Å². The van der Waals surface area contributed by atoms with Crippen molar-refractivity contribution in [2.75, 3.05) is 7.11 Å². The van der Waals surface area contributed by atoms with E-state index in [0.29, 0.717) is 12.8 Å². The quantitative estimate of drug-likeness (QED) is 0.468. The number of esters is 1. The number of allylic oxidation sites excluding steroid dienone is 2. The molecule has 0 aliphatic heterocycles. The Bertz CT molecular complexity index is 391. The summed E-state index contributed by atoms with van der Waals surface area (Å²) in [6.45, 7) is 2.05. The van der Waals surface area contributed by atoms with Gasteiger partial charge in [-0.25, -0.2) is 0 Å². The molecule has 5 nitrogen and oxygen atoms in total. The van der Waals surface area contributed by atoms with Crippen LogP contribution in [0, 0.1) is 11.8 Å². The van der Waals surface area contributed by atoms with Gasteiger partial charge in [0, 0.05) is 18.8 Å². The standard InChI is InChI=1S/C17H28O5/c1-3-4-5-6-13-14(16(20)11-15(13)19)9-7-12(18)8-10-17(21)22-2/h4-5,7,9,12-16,18-20H,3,6,8,10-11H2,1-2H3/b5-4-,9-7+/t12?,13-,14+,15-,16+/m1/s1. The lowest BCUT2D eigenvalue weighted by Gasteiger charge is -2.19. The van der Waals surface area contributed by atoms with E-state index in [1.807, 2.05) is 19.1 Å². The van der Waals surface area contributed by atoms with Crippen molar-refractivity contribution in [2.24, 2.45) is 11.8 Å². The third-order valence-electron chi connectivity index (χ3n) is 4.15. The summed E-state index contributed by atoms with van der Waals surface area (Å²) in [6.07, 6.45) is 8.01. The third kappa shape index (κ3) is 5.91. The minimum absolute atomic E-state index is 0.0399. The SMILES string of the molecule is CC/C=C\C[C@@H]1[C@H](/C=C/C(O)CCC(=O)OC)[C@@H](O)C[C@H]1O. The monoisotopic (exact) mass is 312 g/mol. The molecule has 0 saturated heterocycles. The molecular formula is C17H28O5. The summed E-state index contributed by atoms with van der Waals surface area (Å²) in [6, 6.07) is 0. The molecule has 1 aliphatic rings. The Hall–Kier alpha value is -1.17. The molecule has 5 atom stereocenters. The van der Waals surface area contributed by atoms with Gasteiger partial charge in [-0.1, -0.05) is 31.2 Å². The first-order chi connectivity index (χ1) is 10.5. The zero-order chi connectivity index (χ0) is 16.5. The summed E-state index contributed by atoms with van der Waals surface area (Å²) in [5, 5.41) is 30.0. The molecule has 126 valence electrons. The van der Waals surface area contributed by atoms with Crippen molar-refractivity contribution in [3.63, 3.8) is 0 Å². The van der Waals surface area contributed by atoms with Gasteiger partial charge in [0.1, 0.15) is 0 Å². The molecule has 0 spiro atoms. The van der Waals surface area contributed by atoms with E-state index in [2.05, 4.69) is 4.74 Å². The van der Waals surface area contributed by atoms with Crippen LogP contribution in [0.4, 0.5) is 0 Å². The van der Waals surface area contributed by atoms with E-state index in [9.17, 15) is 20.1 Å². The molecule has 0 heterocycles. The summed E-state index contributed by atoms with van der Waals surface area (Å²) in [5.74, 6) is -0.572. The molecule has 0 radical (unpaired) electrons. The van der Waals surface area contributed by atoms with Crippen molar-refractivity contribution in [1.82, 2.24) is 0 Å². The highest BCUT2D eigenvalue weighted by Crippen LogP contribution is 2.36. The summed E-state index contributed by atoms with van der Waals surface area (Å²) >= 11 is 0. The average Bonchev–Trinajstić information content (AvgIpc) is 2.76. The van der Waals surface area contributed by atoms with E-state index in [1.54, 1.807) is 12.2 Å². The second-order valence-electron chi connectivity index (χ2n) is 5.79. The van der Waals surface area contributed by atoms with Crippen LogP contribution in [-0.2, 0) is 9.53 Å². The Kier molecular flexibility index (Phi) is 8.38. The molecule has 1 rings (SSSR count). The number of aliphatic hydroxyl groups excluding tert-OH is 3. The number of hydrogen-bond donors (Lipinski definition) is 3. The summed E-state index contributed by atoms with van der Waals surface area (Å²) < 4.78 is 4.53. The summed E-state index contributed by atoms with van der Waals surface area (Å²) in [4.78, 5) is 11.0. The number of hydrogen-bond acceptors (Lipinski definition) is 5. The van der Waals surface area contributed by atoms with Crippen LogP contribution in [-0.4, -0.2) is 46.7 Å². The van der Waals surface area contributed by atoms with E-state index >= 15 is 0 Å². The number of methoxy groups -OCH3 is 1. The fourth-order valence-electron chi connectivity index (χ4n) is 2.85. The first kappa shape index (κ1) is 18.9. The van der Waals surface area contributed by atoms with Gasteiger partial charge < -0.3 is 20.1 Å². The highest BCUT2D eigenvalue weighted by molar-refractivity contribution is 5.69. The van der Waals surface area contributed by atoms with E-state index in [4.69, 9.17) is 0 Å². The predicted molar refractivity (Wildman–Crippen MR) is 84.1 cm³/mol. The van der Waals surface area contributed by atoms with Crippen LogP contribution in [0.1, 0.15) is 39.0 Å². The number of ether oxygens (including phenoxy) is 1. The molecule has 1 fully saturated rings. The van der Waals surface area contributed by atoms with Crippen molar-refractivity contribution in [1.29, 1.82) is 0 Å². The Morgan fingerprint density at radius 2 is 2.05 bits per heavy atom. The van der Waals surface area contributed by atoms with Gasteiger partial charge >= 0.3 is 5.97 Å². The maximum absolute atomic E-state index is 11.0. The molecule has 22 heavy (non-hydrogen) atoms. The van der Waals surface area contributed by atoms with Crippen LogP contribution in [0.15, 0.2) is 24.3 Å². The second kappa shape index (κ2) is 9.77. The molecule has 5 heteroatoms. The Labute approximate surface area is 132 Å². The molecule has 3 N–H and O–H groups in total. The predicted octanol–water partition coefficient (Wildman–Crippen LogP) is 1.57. The smallest absolute Gasteiger partial charge is 0.305 e. The Balaban J connectivity index is 2.57. The first-order valence-electron chi connectivity index (χ1n) is 7.93. The number of aliphatic hydroxyl groups is 3. The van der Waals surface area contributed by atoms with Crippen LogP contribution >= 0.6 is 0 Å². The van der Waals surface area contributed by atoms with Crippen LogP contribution in [0.5, 0.6) is 0 Å². The first-order valence-corrected chi connectivity index (χ1v) is 7.93. The van der Waals surface area contributed by atoms with Crippen LogP contribution in [0.3, 0.4) is 0 Å². The zero-order valence-electron chi connectivity index (χ0n) is 13.4. The maximum Gasteiger partial charge on any atom is 0.305 e. The van der Waals surface area contributed by atoms with Crippen molar-refractivity contribution in [2.45, 2.75) is 57.3 Å². The molecule has 0 amide bonds. The maximum atomic E-state index is 11.0. The van der Waals surface area contributed by atoms with Crippen molar-refractivity contribution in [3.05, 3.63) is 24.3 Å². The lowest BCUT2D eigenvalue weighted by Crippen LogP contribution is -2.20. The van der Waals surface area contributed by atoms with E-state index < -0.39 is 18.3 Å². The summed E-state index contributed by atoms with van der Waals surface area (Å²) in [5.41, 5.74) is 0. The van der Waals surface area contributed by atoms with Crippen LogP contribution in [0.25, 0.3) is 0 Å². The van der Waals surface area contributed by atoms with Crippen LogP contribution < -0.4 is 0 Å². The van der Waals surface area contributed by atoms with E-state index in [1.165, 1.54) is 7.11 Å². The molecule has 1 saturated carbocycles. The minimum Gasteiger partial charge on any atom is -0.469 e. The second-order valence-corrected chi connectivity index (χ2v) is 5.79. The fourth-order valence-corrected chi connectivity index (χ4v) is 2.85. The van der Waals surface area contributed by atoms with E-state index in [0.717, 1.165) is 6.42 Å². The van der Waals surface area contributed by atoms with Gasteiger partial charge in [0.15, 0.2) is 0 Å². The molecule has 0 aromatic carbocycles. The van der Waals surface area contributed by atoms with Gasteiger partial charge in [-0.05, 0) is 25.2 Å². The third-order valence-corrected chi connectivity index (χ3v) is 4.15. The number of carbonyl (C=O) groups is 1. The van der Waals surface area contributed by atoms with Crippen molar-refractivity contribution < 1.29 is 24.9 Å². The fraction of sp³-hybridized carbons (Fsp3) is 0.706. The minimum atomic E-state index is -0.754. The van der Waals surface area contributed by atoms with Gasteiger partial charge in [-0.3, -0.25) is 4.79 Å². The zero-order valence-corrected chi connectivity index (χ0v) is 13.4. The Morgan fingerprint density at radius 1 is 1.32 bits per heavy atom. The Morgan fingerprint density at radius 3 is 2.68 bits per heavy atom. The highest BCUT2D eigenvalue weighted by Gasteiger charge is 2.39. The molecule has 0 bridgehead atoms. The molecule has 0 aromatic rings. The van der Waals surface area contributed by atoms with Crippen molar-refractivity contribution >= 4 is 5.97 Å². The molecule has 0 aromatic heterocycles. The molecule has 1 unspecified atom stereocenters. The van der Waals surface area contributed by atoms with Gasteiger partial charge in [0.2, 0.25) is 0 Å². The van der Waals surface area contributed by atoms with Gasteiger partial charge in [0.25, 0.3) is 0 Å². The topological polar surface area (TPSA) is 87.0 Å². The summed E-state index contributed by atoms with van der Waals surface area (Å²) in [7, 11) is 1.31. The highest BCUT2D eigenvalue weighted by atomic mass is 16.5. The molecular weight excluding hydrogens is 284 g/mol.